The van der Waals surface area contributed by atoms with Crippen molar-refractivity contribution in [1.29, 1.82) is 0 Å². The van der Waals surface area contributed by atoms with E-state index < -0.39 is 14.6 Å². The Morgan fingerprint density at radius 3 is 2.72 bits per heavy atom. The van der Waals surface area contributed by atoms with Crippen molar-refractivity contribution >= 4 is 15.7 Å². The van der Waals surface area contributed by atoms with Crippen molar-refractivity contribution in [3.8, 4) is 11.4 Å². The first kappa shape index (κ1) is 16.3. The van der Waals surface area contributed by atoms with E-state index in [1.807, 2.05) is 30.3 Å². The molecule has 1 atom stereocenters. The minimum atomic E-state index is -3.30. The standard InChI is InChI=1S/C17H19N3O4S/c1-2-14(21)20-10-17(11-20)13(8-9-25(17,22)23)16-18-15(19-24-16)12-6-4-3-5-7-12/h3-7,13H,2,8-11H2,1H3. The van der Waals surface area contributed by atoms with Crippen molar-refractivity contribution in [2.24, 2.45) is 0 Å². The van der Waals surface area contributed by atoms with Crippen LogP contribution in [0.5, 0.6) is 0 Å². The first-order valence-electron chi connectivity index (χ1n) is 8.36. The minimum Gasteiger partial charge on any atom is -0.339 e. The summed E-state index contributed by atoms with van der Waals surface area (Å²) in [6.45, 7) is 2.21. The molecule has 1 spiro atoms. The molecule has 2 aliphatic heterocycles. The van der Waals surface area contributed by atoms with Gasteiger partial charge in [-0.05, 0) is 6.42 Å². The van der Waals surface area contributed by atoms with E-state index in [-0.39, 0.29) is 30.7 Å². The summed E-state index contributed by atoms with van der Waals surface area (Å²) < 4.78 is 29.8. The number of hydrogen-bond donors (Lipinski definition) is 0. The first-order valence-corrected chi connectivity index (χ1v) is 10.0. The number of aromatic nitrogens is 2. The Balaban J connectivity index is 1.64. The highest BCUT2D eigenvalue weighted by atomic mass is 32.2. The quantitative estimate of drug-likeness (QED) is 0.825. The smallest absolute Gasteiger partial charge is 0.231 e. The molecule has 0 radical (unpaired) electrons. The summed E-state index contributed by atoms with van der Waals surface area (Å²) in [6.07, 6.45) is 0.826. The molecule has 0 N–H and O–H groups in total. The van der Waals surface area contributed by atoms with Gasteiger partial charge in [-0.3, -0.25) is 4.79 Å². The van der Waals surface area contributed by atoms with E-state index in [1.54, 1.807) is 11.8 Å². The van der Waals surface area contributed by atoms with Crippen molar-refractivity contribution in [2.45, 2.75) is 30.4 Å². The third kappa shape index (κ3) is 2.38. The highest BCUT2D eigenvalue weighted by molar-refractivity contribution is 7.93. The van der Waals surface area contributed by atoms with Crippen molar-refractivity contribution in [2.75, 3.05) is 18.8 Å². The molecule has 7 nitrogen and oxygen atoms in total. The van der Waals surface area contributed by atoms with Gasteiger partial charge in [-0.1, -0.05) is 42.4 Å². The molecule has 2 fully saturated rings. The molecule has 8 heteroatoms. The van der Waals surface area contributed by atoms with Gasteiger partial charge in [-0.2, -0.15) is 4.98 Å². The van der Waals surface area contributed by atoms with Crippen molar-refractivity contribution in [3.63, 3.8) is 0 Å². The second kappa shape index (κ2) is 5.66. The lowest BCUT2D eigenvalue weighted by Crippen LogP contribution is -2.67. The van der Waals surface area contributed by atoms with E-state index in [0.29, 0.717) is 24.6 Å². The third-order valence-corrected chi connectivity index (χ3v) is 7.83. The average Bonchev–Trinajstić information content (AvgIpc) is 3.15. The van der Waals surface area contributed by atoms with Gasteiger partial charge in [0.1, 0.15) is 4.75 Å². The van der Waals surface area contributed by atoms with Crippen molar-refractivity contribution < 1.29 is 17.7 Å². The number of nitrogens with zero attached hydrogens (tertiary/aromatic N) is 3. The predicted molar refractivity (Wildman–Crippen MR) is 90.5 cm³/mol. The number of carbonyl (C=O) groups excluding carboxylic acids is 1. The number of rotatable bonds is 3. The lowest BCUT2D eigenvalue weighted by molar-refractivity contribution is -0.136. The van der Waals surface area contributed by atoms with Gasteiger partial charge in [0, 0.05) is 25.1 Å². The van der Waals surface area contributed by atoms with Crippen molar-refractivity contribution in [1.82, 2.24) is 15.0 Å². The fraction of sp³-hybridized carbons (Fsp3) is 0.471. The molecule has 25 heavy (non-hydrogen) atoms. The van der Waals surface area contributed by atoms with Gasteiger partial charge < -0.3 is 9.42 Å². The molecule has 4 rings (SSSR count). The summed E-state index contributed by atoms with van der Waals surface area (Å²) in [4.78, 5) is 17.9. The molecule has 3 heterocycles. The van der Waals surface area contributed by atoms with Crippen LogP contribution in [0.3, 0.4) is 0 Å². The Morgan fingerprint density at radius 2 is 2.04 bits per heavy atom. The Labute approximate surface area is 145 Å². The molecule has 0 bridgehead atoms. The zero-order valence-electron chi connectivity index (χ0n) is 13.9. The lowest BCUT2D eigenvalue weighted by Gasteiger charge is -2.48. The summed E-state index contributed by atoms with van der Waals surface area (Å²) in [5.41, 5.74) is 0.823. The van der Waals surface area contributed by atoms with Gasteiger partial charge in [0.05, 0.1) is 11.7 Å². The van der Waals surface area contributed by atoms with E-state index in [9.17, 15) is 13.2 Å². The molecule has 1 aromatic carbocycles. The molecular formula is C17H19N3O4S. The first-order chi connectivity index (χ1) is 12.0. The second-order valence-corrected chi connectivity index (χ2v) is 9.10. The van der Waals surface area contributed by atoms with Gasteiger partial charge >= 0.3 is 0 Å². The van der Waals surface area contributed by atoms with E-state index in [4.69, 9.17) is 4.52 Å². The SMILES string of the molecule is CCC(=O)N1CC2(C1)C(c1nc(-c3ccccc3)no1)CCS2(=O)=O. The maximum atomic E-state index is 12.7. The summed E-state index contributed by atoms with van der Waals surface area (Å²) in [5.74, 6) is 0.513. The largest absolute Gasteiger partial charge is 0.339 e. The Hall–Kier alpha value is -2.22. The van der Waals surface area contributed by atoms with Crippen LogP contribution in [0, 0.1) is 0 Å². The van der Waals surface area contributed by atoms with Gasteiger partial charge in [0.25, 0.3) is 0 Å². The highest BCUT2D eigenvalue weighted by Gasteiger charge is 2.64. The van der Waals surface area contributed by atoms with Gasteiger partial charge in [0.15, 0.2) is 9.84 Å². The van der Waals surface area contributed by atoms with Crippen LogP contribution in [0.25, 0.3) is 11.4 Å². The number of hydrogen-bond acceptors (Lipinski definition) is 6. The van der Waals surface area contributed by atoms with Crippen molar-refractivity contribution in [3.05, 3.63) is 36.2 Å². The number of carbonyl (C=O) groups is 1. The second-order valence-electron chi connectivity index (χ2n) is 6.65. The van der Waals surface area contributed by atoms with Crippen LogP contribution in [0.1, 0.15) is 31.6 Å². The zero-order chi connectivity index (χ0) is 17.7. The van der Waals surface area contributed by atoms with Crippen LogP contribution >= 0.6 is 0 Å². The fourth-order valence-electron chi connectivity index (χ4n) is 3.80. The van der Waals surface area contributed by atoms with E-state index in [2.05, 4.69) is 10.1 Å². The average molecular weight is 361 g/mol. The number of benzene rings is 1. The molecule has 132 valence electrons. The molecule has 0 saturated carbocycles. The summed E-state index contributed by atoms with van der Waals surface area (Å²) in [5, 5.41) is 4.01. The lowest BCUT2D eigenvalue weighted by atomic mass is 9.83. The van der Waals surface area contributed by atoms with Crippen LogP contribution in [0.4, 0.5) is 0 Å². The Bertz CT molecular complexity index is 901. The molecule has 1 aromatic heterocycles. The number of likely N-dealkylation sites (tertiary alicyclic amines) is 1. The van der Waals surface area contributed by atoms with Crippen LogP contribution in [-0.2, 0) is 14.6 Å². The minimum absolute atomic E-state index is 0.0259. The third-order valence-electron chi connectivity index (χ3n) is 5.27. The van der Waals surface area contributed by atoms with Gasteiger partial charge in [-0.25, -0.2) is 8.42 Å². The topological polar surface area (TPSA) is 93.4 Å². The van der Waals surface area contributed by atoms with Crippen LogP contribution < -0.4 is 0 Å². The summed E-state index contributed by atoms with van der Waals surface area (Å²) in [6, 6.07) is 9.42. The summed E-state index contributed by atoms with van der Waals surface area (Å²) in [7, 11) is -3.30. The maximum Gasteiger partial charge on any atom is 0.231 e. The molecule has 2 saturated heterocycles. The zero-order valence-corrected chi connectivity index (χ0v) is 14.7. The highest BCUT2D eigenvalue weighted by Crippen LogP contribution is 2.49. The monoisotopic (exact) mass is 361 g/mol. The van der Waals surface area contributed by atoms with E-state index >= 15 is 0 Å². The molecule has 2 aromatic rings. The Kier molecular flexibility index (Phi) is 3.68. The number of amides is 1. The molecule has 2 aliphatic rings. The summed E-state index contributed by atoms with van der Waals surface area (Å²) >= 11 is 0. The van der Waals surface area contributed by atoms with Gasteiger partial charge in [0.2, 0.25) is 17.6 Å². The van der Waals surface area contributed by atoms with Crippen LogP contribution in [0.15, 0.2) is 34.9 Å². The Morgan fingerprint density at radius 1 is 1.32 bits per heavy atom. The van der Waals surface area contributed by atoms with E-state index in [0.717, 1.165) is 5.56 Å². The predicted octanol–water partition coefficient (Wildman–Crippen LogP) is 1.63. The molecule has 0 aliphatic carbocycles. The number of sulfone groups is 1. The molecule has 1 unspecified atom stereocenters. The van der Waals surface area contributed by atoms with E-state index in [1.165, 1.54) is 0 Å². The molecular weight excluding hydrogens is 342 g/mol. The normalized spacial score (nSPS) is 23.6. The van der Waals surface area contributed by atoms with Crippen LogP contribution in [-0.4, -0.2) is 53.0 Å². The van der Waals surface area contributed by atoms with Crippen LogP contribution in [0.2, 0.25) is 0 Å². The fourth-order valence-corrected chi connectivity index (χ4v) is 6.11. The molecule has 1 amide bonds. The maximum absolute atomic E-state index is 12.7. The van der Waals surface area contributed by atoms with Gasteiger partial charge in [-0.15, -0.1) is 0 Å².